The highest BCUT2D eigenvalue weighted by Crippen LogP contribution is 2.36. The van der Waals surface area contributed by atoms with Gasteiger partial charge in [0, 0.05) is 31.3 Å². The van der Waals surface area contributed by atoms with Gasteiger partial charge in [-0.15, -0.1) is 0 Å². The van der Waals surface area contributed by atoms with E-state index in [1.165, 1.54) is 0 Å². The highest BCUT2D eigenvalue weighted by atomic mass is 16.5. The van der Waals surface area contributed by atoms with Gasteiger partial charge in [0.1, 0.15) is 18.5 Å². The van der Waals surface area contributed by atoms with Crippen molar-refractivity contribution in [2.45, 2.75) is 31.9 Å². The first kappa shape index (κ1) is 16.4. The molecule has 3 rings (SSSR count). The Labute approximate surface area is 141 Å². The number of carboxylic acids is 1. The molecule has 6 heteroatoms. The number of hydrogen-bond donors (Lipinski definition) is 1. The van der Waals surface area contributed by atoms with Gasteiger partial charge in [-0.25, -0.2) is 14.8 Å². The lowest BCUT2D eigenvalue weighted by molar-refractivity contribution is -0.138. The molecule has 0 radical (unpaired) electrons. The Morgan fingerprint density at radius 1 is 1.33 bits per heavy atom. The van der Waals surface area contributed by atoms with E-state index >= 15 is 0 Å². The summed E-state index contributed by atoms with van der Waals surface area (Å²) in [5, 5.41) is 9.81. The molecular formula is C18H21N3O3. The number of methoxy groups -OCH3 is 1. The molecule has 126 valence electrons. The molecule has 2 atom stereocenters. The first-order valence-electron chi connectivity index (χ1n) is 7.98. The number of aryl methyl sites for hydroxylation is 1. The van der Waals surface area contributed by atoms with E-state index in [9.17, 15) is 9.90 Å². The third-order valence-electron chi connectivity index (χ3n) is 4.33. The maximum atomic E-state index is 12.0. The smallest absolute Gasteiger partial charge is 0.327 e. The maximum absolute atomic E-state index is 12.0. The molecule has 2 heterocycles. The molecule has 0 aliphatic carbocycles. The number of aliphatic carboxylic acids is 1. The Kier molecular flexibility index (Phi) is 4.76. The number of anilines is 1. The Bertz CT molecular complexity index is 721. The molecule has 1 N–H and O–H groups in total. The second kappa shape index (κ2) is 6.97. The van der Waals surface area contributed by atoms with E-state index < -0.39 is 12.0 Å². The Hall–Kier alpha value is -2.47. The van der Waals surface area contributed by atoms with Crippen LogP contribution in [0.5, 0.6) is 0 Å². The number of carboxylic acid groups (broad SMARTS) is 1. The van der Waals surface area contributed by atoms with Gasteiger partial charge in [-0.1, -0.05) is 30.3 Å². The molecule has 1 fully saturated rings. The van der Waals surface area contributed by atoms with Gasteiger partial charge in [0.15, 0.2) is 5.82 Å². The minimum atomic E-state index is -0.828. The number of benzene rings is 1. The van der Waals surface area contributed by atoms with Crippen LogP contribution in [-0.2, 0) is 16.1 Å². The molecule has 1 aliphatic rings. The lowest BCUT2D eigenvalue weighted by Crippen LogP contribution is -2.39. The predicted molar refractivity (Wildman–Crippen MR) is 90.1 cm³/mol. The zero-order chi connectivity index (χ0) is 17.1. The summed E-state index contributed by atoms with van der Waals surface area (Å²) in [6.45, 7) is 2.84. The number of hydrogen-bond acceptors (Lipinski definition) is 5. The van der Waals surface area contributed by atoms with Crippen LogP contribution in [0.4, 0.5) is 5.82 Å². The van der Waals surface area contributed by atoms with Crippen LogP contribution in [0.15, 0.2) is 36.4 Å². The van der Waals surface area contributed by atoms with Crippen molar-refractivity contribution in [3.8, 4) is 0 Å². The minimum absolute atomic E-state index is 0.0511. The fourth-order valence-electron chi connectivity index (χ4n) is 3.36. The molecule has 0 saturated carbocycles. The molecule has 1 aromatic carbocycles. The number of carbonyl (C=O) groups is 1. The Morgan fingerprint density at radius 2 is 2.08 bits per heavy atom. The summed E-state index contributed by atoms with van der Waals surface area (Å²) >= 11 is 0. The summed E-state index contributed by atoms with van der Waals surface area (Å²) in [4.78, 5) is 22.6. The lowest BCUT2D eigenvalue weighted by atomic mass is 9.92. The van der Waals surface area contributed by atoms with E-state index in [0.29, 0.717) is 24.8 Å². The quantitative estimate of drug-likeness (QED) is 0.909. The average Bonchev–Trinajstić information content (AvgIpc) is 3.01. The van der Waals surface area contributed by atoms with Gasteiger partial charge < -0.3 is 14.7 Å². The molecule has 6 nitrogen and oxygen atoms in total. The first-order valence-corrected chi connectivity index (χ1v) is 7.98. The third kappa shape index (κ3) is 3.23. The van der Waals surface area contributed by atoms with Gasteiger partial charge in [0.2, 0.25) is 0 Å². The van der Waals surface area contributed by atoms with Crippen LogP contribution in [0.2, 0.25) is 0 Å². The lowest BCUT2D eigenvalue weighted by Gasteiger charge is -2.26. The van der Waals surface area contributed by atoms with E-state index in [1.54, 1.807) is 7.11 Å². The highest BCUT2D eigenvalue weighted by molar-refractivity contribution is 5.80. The van der Waals surface area contributed by atoms with Crippen LogP contribution in [0.25, 0.3) is 0 Å². The Balaban J connectivity index is 1.95. The van der Waals surface area contributed by atoms with Gasteiger partial charge in [0.05, 0.1) is 0 Å². The van der Waals surface area contributed by atoms with Crippen molar-refractivity contribution in [3.63, 3.8) is 0 Å². The van der Waals surface area contributed by atoms with E-state index in [0.717, 1.165) is 17.7 Å². The summed E-state index contributed by atoms with van der Waals surface area (Å²) < 4.78 is 5.11. The van der Waals surface area contributed by atoms with Crippen LogP contribution >= 0.6 is 0 Å². The molecule has 1 saturated heterocycles. The topological polar surface area (TPSA) is 75.5 Å². The minimum Gasteiger partial charge on any atom is -0.480 e. The third-order valence-corrected chi connectivity index (χ3v) is 4.33. The predicted octanol–water partition coefficient (Wildman–Crippen LogP) is 2.38. The van der Waals surface area contributed by atoms with Crippen LogP contribution in [0, 0.1) is 6.92 Å². The van der Waals surface area contributed by atoms with Crippen molar-refractivity contribution < 1.29 is 14.6 Å². The highest BCUT2D eigenvalue weighted by Gasteiger charge is 2.41. The largest absolute Gasteiger partial charge is 0.480 e. The summed E-state index contributed by atoms with van der Waals surface area (Å²) in [6.07, 6.45) is 0.781. The average molecular weight is 327 g/mol. The second-order valence-electron chi connectivity index (χ2n) is 6.00. The fraction of sp³-hybridized carbons (Fsp3) is 0.389. The molecule has 1 aliphatic heterocycles. The van der Waals surface area contributed by atoms with Crippen molar-refractivity contribution >= 4 is 11.8 Å². The zero-order valence-corrected chi connectivity index (χ0v) is 13.8. The molecule has 2 unspecified atom stereocenters. The summed E-state index contributed by atoms with van der Waals surface area (Å²) in [7, 11) is 1.59. The molecule has 0 bridgehead atoms. The van der Waals surface area contributed by atoms with Crippen molar-refractivity contribution in [1.29, 1.82) is 0 Å². The summed E-state index contributed by atoms with van der Waals surface area (Å²) in [6, 6.07) is 11.0. The summed E-state index contributed by atoms with van der Waals surface area (Å²) in [5.74, 6) is 0.343. The van der Waals surface area contributed by atoms with Gasteiger partial charge in [-0.3, -0.25) is 0 Å². The van der Waals surface area contributed by atoms with Crippen molar-refractivity contribution in [2.24, 2.45) is 0 Å². The monoisotopic (exact) mass is 327 g/mol. The number of rotatable bonds is 5. The molecule has 0 spiro atoms. The number of aromatic nitrogens is 2. The van der Waals surface area contributed by atoms with Gasteiger partial charge >= 0.3 is 5.97 Å². The van der Waals surface area contributed by atoms with Crippen molar-refractivity contribution in [2.75, 3.05) is 18.6 Å². The fourth-order valence-corrected chi connectivity index (χ4v) is 3.36. The maximum Gasteiger partial charge on any atom is 0.327 e. The summed E-state index contributed by atoms with van der Waals surface area (Å²) in [5.41, 5.74) is 1.86. The van der Waals surface area contributed by atoms with Gasteiger partial charge in [-0.2, -0.15) is 0 Å². The standard InChI is InChI=1S/C18H21N3O3/c1-12-10-16(20-15(19-12)11-24-2)21-9-8-14(17(21)18(22)23)13-6-4-3-5-7-13/h3-7,10,14,17H,8-9,11H2,1-2H3,(H,22,23). The van der Waals surface area contributed by atoms with E-state index in [2.05, 4.69) is 9.97 Å². The number of ether oxygens (including phenoxy) is 1. The number of nitrogens with zero attached hydrogens (tertiary/aromatic N) is 3. The van der Waals surface area contributed by atoms with E-state index in [-0.39, 0.29) is 5.92 Å². The van der Waals surface area contributed by atoms with Crippen LogP contribution in [0.1, 0.15) is 29.4 Å². The van der Waals surface area contributed by atoms with Crippen LogP contribution < -0.4 is 4.90 Å². The second-order valence-corrected chi connectivity index (χ2v) is 6.00. The van der Waals surface area contributed by atoms with Crippen LogP contribution in [-0.4, -0.2) is 40.7 Å². The van der Waals surface area contributed by atoms with E-state index in [4.69, 9.17) is 4.74 Å². The SMILES string of the molecule is COCc1nc(C)cc(N2CCC(c3ccccc3)C2C(=O)O)n1. The zero-order valence-electron chi connectivity index (χ0n) is 13.8. The molecular weight excluding hydrogens is 306 g/mol. The van der Waals surface area contributed by atoms with Gasteiger partial charge in [0.25, 0.3) is 0 Å². The molecule has 1 aromatic heterocycles. The molecule has 0 amide bonds. The van der Waals surface area contributed by atoms with Crippen molar-refractivity contribution in [1.82, 2.24) is 9.97 Å². The molecule has 24 heavy (non-hydrogen) atoms. The van der Waals surface area contributed by atoms with Crippen molar-refractivity contribution in [3.05, 3.63) is 53.5 Å². The molecule has 2 aromatic rings. The van der Waals surface area contributed by atoms with E-state index in [1.807, 2.05) is 48.2 Å². The first-order chi connectivity index (χ1) is 11.6. The van der Waals surface area contributed by atoms with Crippen LogP contribution in [0.3, 0.4) is 0 Å². The Morgan fingerprint density at radius 3 is 2.75 bits per heavy atom. The normalized spacial score (nSPS) is 20.3. The van der Waals surface area contributed by atoms with Gasteiger partial charge in [-0.05, 0) is 18.9 Å².